The Kier molecular flexibility index (Phi) is 4.34. The van der Waals surface area contributed by atoms with Gasteiger partial charge in [-0.25, -0.2) is 9.50 Å². The number of piperidine rings is 1. The van der Waals surface area contributed by atoms with Crippen molar-refractivity contribution in [1.82, 2.24) is 19.5 Å². The standard InChI is InChI=1S/C21H25N5O/c1-13-7-8-17(22)16(10-13)21(27)25-9-5-4-6-19(25)18-11-20-23-15(3)14(2)12-26(20)24-18/h7-8,10-12,19H,4-6,9,22H2,1-3H3/t19-/m0/s1. The lowest BCUT2D eigenvalue weighted by atomic mass is 9.97. The van der Waals surface area contributed by atoms with Crippen molar-refractivity contribution in [2.45, 2.75) is 46.1 Å². The molecule has 0 spiro atoms. The summed E-state index contributed by atoms with van der Waals surface area (Å²) < 4.78 is 1.82. The molecule has 1 aliphatic rings. The van der Waals surface area contributed by atoms with E-state index in [1.54, 1.807) is 0 Å². The first kappa shape index (κ1) is 17.5. The van der Waals surface area contributed by atoms with Gasteiger partial charge in [0, 0.05) is 30.2 Å². The number of carbonyl (C=O) groups excluding carboxylic acids is 1. The quantitative estimate of drug-likeness (QED) is 0.706. The van der Waals surface area contributed by atoms with Crippen molar-refractivity contribution in [1.29, 1.82) is 0 Å². The highest BCUT2D eigenvalue weighted by Gasteiger charge is 2.31. The smallest absolute Gasteiger partial charge is 0.256 e. The molecular weight excluding hydrogens is 338 g/mol. The fourth-order valence-corrected chi connectivity index (χ4v) is 3.77. The molecule has 3 aromatic rings. The van der Waals surface area contributed by atoms with E-state index < -0.39 is 0 Å². The first-order valence-corrected chi connectivity index (χ1v) is 9.44. The molecule has 1 saturated heterocycles. The van der Waals surface area contributed by atoms with Gasteiger partial charge in [0.15, 0.2) is 5.65 Å². The summed E-state index contributed by atoms with van der Waals surface area (Å²) >= 11 is 0. The van der Waals surface area contributed by atoms with Crippen molar-refractivity contribution in [3.05, 3.63) is 58.5 Å². The van der Waals surface area contributed by atoms with Crippen molar-refractivity contribution in [3.63, 3.8) is 0 Å². The van der Waals surface area contributed by atoms with Crippen LogP contribution in [-0.4, -0.2) is 31.9 Å². The van der Waals surface area contributed by atoms with E-state index in [1.165, 1.54) is 0 Å². The average molecular weight is 363 g/mol. The van der Waals surface area contributed by atoms with Crippen molar-refractivity contribution in [3.8, 4) is 0 Å². The van der Waals surface area contributed by atoms with Crippen LogP contribution in [0.1, 0.15) is 58.2 Å². The number of anilines is 1. The highest BCUT2D eigenvalue weighted by atomic mass is 16.2. The molecule has 4 rings (SSSR count). The molecule has 2 N–H and O–H groups in total. The Balaban J connectivity index is 1.72. The zero-order valence-electron chi connectivity index (χ0n) is 16.1. The lowest BCUT2D eigenvalue weighted by Crippen LogP contribution is -2.39. The number of likely N-dealkylation sites (tertiary alicyclic amines) is 1. The van der Waals surface area contributed by atoms with Gasteiger partial charge >= 0.3 is 0 Å². The van der Waals surface area contributed by atoms with Crippen molar-refractivity contribution in [2.24, 2.45) is 0 Å². The van der Waals surface area contributed by atoms with Crippen molar-refractivity contribution in [2.75, 3.05) is 12.3 Å². The van der Waals surface area contributed by atoms with Gasteiger partial charge in [0.05, 0.1) is 17.3 Å². The van der Waals surface area contributed by atoms with Gasteiger partial charge in [-0.15, -0.1) is 0 Å². The highest BCUT2D eigenvalue weighted by molar-refractivity contribution is 5.99. The minimum atomic E-state index is -0.0477. The highest BCUT2D eigenvalue weighted by Crippen LogP contribution is 2.33. The number of nitrogen functional groups attached to an aromatic ring is 1. The Labute approximate surface area is 159 Å². The number of hydrogen-bond acceptors (Lipinski definition) is 4. The molecule has 1 aromatic carbocycles. The minimum Gasteiger partial charge on any atom is -0.398 e. The SMILES string of the molecule is Cc1ccc(N)c(C(=O)N2CCCC[C@H]2c2cc3nc(C)c(C)cn3n2)c1. The molecule has 0 unspecified atom stereocenters. The summed E-state index contributed by atoms with van der Waals surface area (Å²) in [5.41, 5.74) is 12.0. The van der Waals surface area contributed by atoms with E-state index in [0.29, 0.717) is 11.3 Å². The normalized spacial score (nSPS) is 17.4. The summed E-state index contributed by atoms with van der Waals surface area (Å²) in [6, 6.07) is 7.57. The third kappa shape index (κ3) is 3.16. The lowest BCUT2D eigenvalue weighted by Gasteiger charge is -2.35. The molecule has 0 radical (unpaired) electrons. The minimum absolute atomic E-state index is 0.0155. The molecule has 1 aliphatic heterocycles. The molecule has 6 heteroatoms. The maximum Gasteiger partial charge on any atom is 0.256 e. The number of fused-ring (bicyclic) bond motifs is 1. The number of nitrogens with zero attached hydrogens (tertiary/aromatic N) is 4. The third-order valence-electron chi connectivity index (χ3n) is 5.45. The van der Waals surface area contributed by atoms with Crippen LogP contribution in [0, 0.1) is 20.8 Å². The molecule has 1 atom stereocenters. The van der Waals surface area contributed by atoms with Gasteiger partial charge in [0.2, 0.25) is 0 Å². The Morgan fingerprint density at radius 2 is 2.00 bits per heavy atom. The number of hydrogen-bond donors (Lipinski definition) is 1. The Morgan fingerprint density at radius 1 is 1.19 bits per heavy atom. The molecule has 0 saturated carbocycles. The van der Waals surface area contributed by atoms with E-state index in [2.05, 4.69) is 4.98 Å². The van der Waals surface area contributed by atoms with E-state index in [4.69, 9.17) is 10.8 Å². The molecule has 27 heavy (non-hydrogen) atoms. The predicted octanol–water partition coefficient (Wildman–Crippen LogP) is 3.60. The number of benzene rings is 1. The zero-order valence-corrected chi connectivity index (χ0v) is 16.1. The van der Waals surface area contributed by atoms with Crippen LogP contribution in [0.15, 0.2) is 30.5 Å². The number of rotatable bonds is 2. The van der Waals surface area contributed by atoms with Gasteiger partial charge in [-0.05, 0) is 57.7 Å². The fourth-order valence-electron chi connectivity index (χ4n) is 3.77. The molecule has 140 valence electrons. The molecule has 3 heterocycles. The van der Waals surface area contributed by atoms with Crippen LogP contribution in [-0.2, 0) is 0 Å². The Morgan fingerprint density at radius 3 is 2.81 bits per heavy atom. The number of aryl methyl sites for hydroxylation is 3. The van der Waals surface area contributed by atoms with Crippen LogP contribution >= 0.6 is 0 Å². The summed E-state index contributed by atoms with van der Waals surface area (Å²) in [4.78, 5) is 19.8. The van der Waals surface area contributed by atoms with Crippen LogP contribution in [0.5, 0.6) is 0 Å². The maximum absolute atomic E-state index is 13.3. The lowest BCUT2D eigenvalue weighted by molar-refractivity contribution is 0.0606. The topological polar surface area (TPSA) is 76.5 Å². The first-order valence-electron chi connectivity index (χ1n) is 9.44. The fraction of sp³-hybridized carbons (Fsp3) is 0.381. The Hall–Kier alpha value is -2.89. The van der Waals surface area contributed by atoms with E-state index in [-0.39, 0.29) is 11.9 Å². The number of aromatic nitrogens is 3. The molecule has 1 fully saturated rings. The largest absolute Gasteiger partial charge is 0.398 e. The third-order valence-corrected chi connectivity index (χ3v) is 5.45. The monoisotopic (exact) mass is 363 g/mol. The van der Waals surface area contributed by atoms with Crippen LogP contribution in [0.3, 0.4) is 0 Å². The predicted molar refractivity (Wildman–Crippen MR) is 106 cm³/mol. The Bertz CT molecular complexity index is 984. The number of nitrogens with two attached hydrogens (primary N) is 1. The number of amides is 1. The van der Waals surface area contributed by atoms with Gasteiger partial charge in [-0.3, -0.25) is 4.79 Å². The summed E-state index contributed by atoms with van der Waals surface area (Å²) in [6.45, 7) is 6.72. The summed E-state index contributed by atoms with van der Waals surface area (Å²) in [5, 5.41) is 4.73. The van der Waals surface area contributed by atoms with Crippen molar-refractivity contribution >= 4 is 17.2 Å². The number of carbonyl (C=O) groups is 1. The first-order chi connectivity index (χ1) is 12.9. The van der Waals surface area contributed by atoms with E-state index >= 15 is 0 Å². The summed E-state index contributed by atoms with van der Waals surface area (Å²) in [7, 11) is 0. The molecule has 6 nitrogen and oxygen atoms in total. The second-order valence-electron chi connectivity index (χ2n) is 7.48. The van der Waals surface area contributed by atoms with Gasteiger partial charge in [-0.2, -0.15) is 5.10 Å². The van der Waals surface area contributed by atoms with E-state index in [1.807, 2.05) is 60.6 Å². The molecule has 0 aliphatic carbocycles. The van der Waals surface area contributed by atoms with Crippen molar-refractivity contribution < 1.29 is 4.79 Å². The maximum atomic E-state index is 13.3. The second-order valence-corrected chi connectivity index (χ2v) is 7.48. The molecular formula is C21H25N5O. The second kappa shape index (κ2) is 6.68. The van der Waals surface area contributed by atoms with E-state index in [9.17, 15) is 4.79 Å². The molecule has 1 amide bonds. The van der Waals surface area contributed by atoms with Crippen LogP contribution < -0.4 is 5.73 Å². The van der Waals surface area contributed by atoms with Gasteiger partial charge < -0.3 is 10.6 Å². The summed E-state index contributed by atoms with van der Waals surface area (Å²) in [5.74, 6) is -0.0155. The molecule has 2 aromatic heterocycles. The molecule has 0 bridgehead atoms. The van der Waals surface area contributed by atoms with E-state index in [0.717, 1.165) is 54.0 Å². The summed E-state index contributed by atoms with van der Waals surface area (Å²) in [6.07, 6.45) is 4.98. The van der Waals surface area contributed by atoms with Gasteiger partial charge in [0.1, 0.15) is 0 Å². The zero-order chi connectivity index (χ0) is 19.1. The van der Waals surface area contributed by atoms with Gasteiger partial charge in [-0.1, -0.05) is 11.6 Å². The van der Waals surface area contributed by atoms with Crippen LogP contribution in [0.25, 0.3) is 5.65 Å². The van der Waals surface area contributed by atoms with Gasteiger partial charge in [0.25, 0.3) is 5.91 Å². The average Bonchev–Trinajstić information content (AvgIpc) is 3.06. The van der Waals surface area contributed by atoms with Crippen LogP contribution in [0.4, 0.5) is 5.69 Å². The van der Waals surface area contributed by atoms with Crippen LogP contribution in [0.2, 0.25) is 0 Å².